The van der Waals surface area contributed by atoms with Crippen molar-refractivity contribution < 1.29 is 24.6 Å². The van der Waals surface area contributed by atoms with Crippen LogP contribution in [0.25, 0.3) is 0 Å². The quantitative estimate of drug-likeness (QED) is 0.300. The van der Waals surface area contributed by atoms with Crippen LogP contribution in [0.3, 0.4) is 0 Å². The van der Waals surface area contributed by atoms with E-state index in [9.17, 15) is 24.0 Å². The van der Waals surface area contributed by atoms with Gasteiger partial charge in [-0.05, 0) is 0 Å². The molecule has 9 nitrogen and oxygen atoms in total. The van der Waals surface area contributed by atoms with Crippen molar-refractivity contribution in [2.75, 3.05) is 0 Å². The molecular weight excluding hydrogens is 268 g/mol. The Morgan fingerprint density at radius 1 is 1.22 bits per heavy atom. The molecule has 2 heterocycles. The number of carboxylic acid groups (broad SMARTS) is 2. The van der Waals surface area contributed by atoms with Gasteiger partial charge >= 0.3 is 23.1 Å². The summed E-state index contributed by atoms with van der Waals surface area (Å²) in [5.41, 5.74) is -1.42. The summed E-state index contributed by atoms with van der Waals surface area (Å²) >= 11 is 4.38. The van der Waals surface area contributed by atoms with Crippen LogP contribution < -0.4 is 16.4 Å². The van der Waals surface area contributed by atoms with E-state index in [2.05, 4.69) is 17.5 Å². The van der Waals surface area contributed by atoms with E-state index in [-0.39, 0.29) is 4.99 Å². The van der Waals surface area contributed by atoms with E-state index in [0.29, 0.717) is 4.57 Å². The number of nitrogens with one attached hydrogen (secondary N) is 1. The molecule has 0 unspecified atom stereocenters. The maximum atomic E-state index is 10.4. The Kier molecular flexibility index (Phi) is 3.71. The first-order chi connectivity index (χ1) is 8.25. The Morgan fingerprint density at radius 3 is 1.83 bits per heavy atom. The summed E-state index contributed by atoms with van der Waals surface area (Å²) in [5, 5.41) is 18.5. The van der Waals surface area contributed by atoms with Crippen LogP contribution in [-0.2, 0) is 20.9 Å². The fraction of sp³-hybridized carbons (Fsp3) is 0.250. The Hall–Kier alpha value is -2.36. The van der Waals surface area contributed by atoms with Gasteiger partial charge in [0.2, 0.25) is 5.78 Å². The fourth-order valence-electron chi connectivity index (χ4n) is 0.938. The first-order valence-corrected chi connectivity index (χ1v) is 4.81. The van der Waals surface area contributed by atoms with Gasteiger partial charge in [-0.25, -0.2) is 4.79 Å². The Labute approximate surface area is 103 Å². The lowest BCUT2D eigenvalue weighted by Crippen LogP contribution is -2.61. The van der Waals surface area contributed by atoms with Gasteiger partial charge in [0, 0.05) is 0 Å². The van der Waals surface area contributed by atoms with E-state index in [4.69, 9.17) is 10.2 Å². The molecular formula is C8H6N2O7S. The summed E-state index contributed by atoms with van der Waals surface area (Å²) in [6.07, 6.45) is 0. The van der Waals surface area contributed by atoms with E-state index in [1.54, 1.807) is 0 Å². The van der Waals surface area contributed by atoms with Crippen molar-refractivity contribution >= 4 is 34.9 Å². The maximum Gasteiger partial charge on any atom is 0.334 e. The fourth-order valence-corrected chi connectivity index (χ4v) is 1.17. The number of hydrogen-bond acceptors (Lipinski definition) is 6. The van der Waals surface area contributed by atoms with Crippen LogP contribution in [0, 0.1) is 0 Å². The highest BCUT2D eigenvalue weighted by Gasteiger charge is 2.39. The van der Waals surface area contributed by atoms with E-state index < -0.39 is 41.4 Å². The minimum Gasteiger partial charge on any atom is -0.480 e. The second-order valence-corrected chi connectivity index (χ2v) is 3.61. The zero-order chi connectivity index (χ0) is 14.0. The molecule has 0 spiro atoms. The minimum atomic E-state index is -1.17. The summed E-state index contributed by atoms with van der Waals surface area (Å²) in [6.45, 7) is -0.502. The lowest BCUT2D eigenvalue weighted by Gasteiger charge is -2.23. The lowest BCUT2D eigenvalue weighted by atomic mass is 10.1. The smallest absolute Gasteiger partial charge is 0.334 e. The van der Waals surface area contributed by atoms with E-state index in [1.165, 1.54) is 0 Å². The first-order valence-electron chi connectivity index (χ1n) is 4.40. The predicted octanol–water partition coefficient (Wildman–Crippen LogP) is -2.89. The third-order valence-electron chi connectivity index (χ3n) is 1.92. The highest BCUT2D eigenvalue weighted by atomic mass is 32.1. The van der Waals surface area contributed by atoms with Crippen LogP contribution in [0.1, 0.15) is 0 Å². The average Bonchev–Trinajstić information content (AvgIpc) is 2.83. The molecule has 1 fully saturated rings. The Bertz CT molecular complexity index is 584. The molecule has 18 heavy (non-hydrogen) atoms. The van der Waals surface area contributed by atoms with Gasteiger partial charge in [0.05, 0.1) is 0 Å². The van der Waals surface area contributed by atoms with Gasteiger partial charge in [-0.3, -0.25) is 23.7 Å². The molecule has 0 aromatic carbocycles. The Morgan fingerprint density at radius 2 is 1.72 bits per heavy atom. The molecule has 0 bridgehead atoms. The van der Waals surface area contributed by atoms with Crippen LogP contribution in [0.15, 0.2) is 9.59 Å². The second-order valence-electron chi connectivity index (χ2n) is 3.20. The third-order valence-corrected chi connectivity index (χ3v) is 2.24. The highest BCUT2D eigenvalue weighted by molar-refractivity contribution is 7.82. The zero-order valence-electron chi connectivity index (χ0n) is 8.58. The topological polar surface area (TPSA) is 143 Å². The number of aromatic nitrogens is 1. The zero-order valence-corrected chi connectivity index (χ0v) is 9.39. The molecule has 0 saturated carbocycles. The summed E-state index contributed by atoms with van der Waals surface area (Å²) < 4.78 is 0.655. The number of Topliss-reactive ketones (excluding diaryl/α,β-unsaturated/α-hetero) is 1. The van der Waals surface area contributed by atoms with Gasteiger partial charge in [0.25, 0.3) is 0 Å². The molecule has 3 N–H and O–H groups in total. The lowest BCUT2D eigenvalue weighted by molar-refractivity contribution is -0.143. The van der Waals surface area contributed by atoms with Gasteiger partial charge in [-0.15, -0.1) is 0 Å². The Balaban J connectivity index is 0.000000180. The number of aliphatic carboxylic acids is 2. The summed E-state index contributed by atoms with van der Waals surface area (Å²) in [5.74, 6) is -2.85. The highest BCUT2D eigenvalue weighted by Crippen LogP contribution is 2.00. The monoisotopic (exact) mass is 274 g/mol. The van der Waals surface area contributed by atoms with Gasteiger partial charge in [0.15, 0.2) is 6.04 Å². The number of carbonyl (C=O) groups is 3. The first kappa shape index (κ1) is 13.7. The predicted molar refractivity (Wildman–Crippen MR) is 59.1 cm³/mol. The SMILES string of the molecule is O=C(O)Cn1c(=O)c1=O.O=C(O)[C@H]1NC(=S)C1=O. The molecule has 96 valence electrons. The summed E-state index contributed by atoms with van der Waals surface area (Å²) in [4.78, 5) is 50.4. The van der Waals surface area contributed by atoms with Crippen molar-refractivity contribution in [2.45, 2.75) is 12.6 Å². The summed E-state index contributed by atoms with van der Waals surface area (Å²) in [7, 11) is 0. The average molecular weight is 274 g/mol. The van der Waals surface area contributed by atoms with Crippen LogP contribution >= 0.6 is 12.2 Å². The van der Waals surface area contributed by atoms with Crippen LogP contribution in [-0.4, -0.2) is 43.5 Å². The van der Waals surface area contributed by atoms with Crippen molar-refractivity contribution in [3.63, 3.8) is 0 Å². The largest absolute Gasteiger partial charge is 0.480 e. The molecule has 1 atom stereocenters. The number of carbonyl (C=O) groups excluding carboxylic acids is 1. The van der Waals surface area contributed by atoms with Crippen molar-refractivity contribution in [1.82, 2.24) is 9.88 Å². The van der Waals surface area contributed by atoms with E-state index >= 15 is 0 Å². The molecule has 0 radical (unpaired) electrons. The number of nitrogens with zero attached hydrogens (tertiary/aromatic N) is 1. The number of ketones is 1. The van der Waals surface area contributed by atoms with E-state index in [0.717, 1.165) is 0 Å². The molecule has 1 aliphatic rings. The van der Waals surface area contributed by atoms with Crippen molar-refractivity contribution in [2.24, 2.45) is 0 Å². The standard InChI is InChI=1S/C4H3NO4.C4H3NO3S/c6-2(7)1-5-3(8)4(5)9;6-2-1(4(7)8)5-3(2)9/h1H2,(H,6,7);1H,(H,5,9)(H,7,8)/t;1-/m.0/s1. The molecule has 0 amide bonds. The number of carboxylic acids is 2. The second kappa shape index (κ2) is 4.87. The number of thiocarbonyl (C=S) groups is 1. The maximum absolute atomic E-state index is 10.4. The van der Waals surface area contributed by atoms with Gasteiger partial charge in [0.1, 0.15) is 11.5 Å². The minimum absolute atomic E-state index is 0.0161. The van der Waals surface area contributed by atoms with E-state index in [1.807, 2.05) is 0 Å². The van der Waals surface area contributed by atoms with Crippen molar-refractivity contribution in [1.29, 1.82) is 0 Å². The van der Waals surface area contributed by atoms with Gasteiger partial charge in [-0.1, -0.05) is 12.2 Å². The van der Waals surface area contributed by atoms with Crippen molar-refractivity contribution in [3.05, 3.63) is 20.7 Å². The molecule has 2 rings (SSSR count). The molecule has 10 heteroatoms. The number of rotatable bonds is 3. The van der Waals surface area contributed by atoms with Crippen LogP contribution in [0.2, 0.25) is 0 Å². The van der Waals surface area contributed by atoms with Crippen LogP contribution in [0.5, 0.6) is 0 Å². The molecule has 1 saturated heterocycles. The van der Waals surface area contributed by atoms with Crippen LogP contribution in [0.4, 0.5) is 0 Å². The normalized spacial score (nSPS) is 17.4. The summed E-state index contributed by atoms with van der Waals surface area (Å²) in [6, 6.07) is -1.09. The van der Waals surface area contributed by atoms with Gasteiger partial charge < -0.3 is 15.5 Å². The molecule has 1 aromatic rings. The third kappa shape index (κ3) is 2.85. The van der Waals surface area contributed by atoms with Gasteiger partial charge in [-0.2, -0.15) is 0 Å². The molecule has 0 aliphatic carbocycles. The van der Waals surface area contributed by atoms with Crippen molar-refractivity contribution in [3.8, 4) is 0 Å². The molecule has 1 aromatic heterocycles. The molecule has 1 aliphatic heterocycles. The number of hydrogen-bond donors (Lipinski definition) is 3.